The molecule has 1 amide bonds. The van der Waals surface area contributed by atoms with Crippen LogP contribution >= 0.6 is 11.3 Å². The summed E-state index contributed by atoms with van der Waals surface area (Å²) >= 11 is 1.56. The number of thiophene rings is 1. The predicted molar refractivity (Wildman–Crippen MR) is 101 cm³/mol. The van der Waals surface area contributed by atoms with E-state index in [0.717, 1.165) is 21.8 Å². The van der Waals surface area contributed by atoms with Gasteiger partial charge in [-0.15, -0.1) is 11.3 Å². The number of primary amides is 1. The molecule has 0 saturated carbocycles. The highest BCUT2D eigenvalue weighted by Crippen LogP contribution is 2.28. The molecule has 1 atom stereocenters. The van der Waals surface area contributed by atoms with Crippen molar-refractivity contribution >= 4 is 29.3 Å². The van der Waals surface area contributed by atoms with Crippen LogP contribution in [0.5, 0.6) is 0 Å². The fourth-order valence-corrected chi connectivity index (χ4v) is 2.99. The molecule has 0 unspecified atom stereocenters. The minimum Gasteiger partial charge on any atom is -0.449 e. The molecule has 6 nitrogen and oxygen atoms in total. The average Bonchev–Trinajstić information content (AvgIpc) is 3.30. The molecule has 0 spiro atoms. The summed E-state index contributed by atoms with van der Waals surface area (Å²) in [5.74, 6) is -1.33. The zero-order chi connectivity index (χ0) is 18.5. The van der Waals surface area contributed by atoms with Crippen LogP contribution in [0.3, 0.4) is 0 Å². The number of rotatable bonds is 6. The number of aromatic nitrogens is 2. The molecule has 2 N–H and O–H groups in total. The Labute approximate surface area is 154 Å². The second kappa shape index (κ2) is 7.79. The zero-order valence-electron chi connectivity index (χ0n) is 14.0. The topological polar surface area (TPSA) is 87.2 Å². The highest BCUT2D eigenvalue weighted by atomic mass is 32.1. The maximum atomic E-state index is 11.9. The van der Waals surface area contributed by atoms with E-state index in [1.807, 2.05) is 54.0 Å². The number of para-hydroxylation sites is 1. The van der Waals surface area contributed by atoms with Crippen molar-refractivity contribution in [2.24, 2.45) is 5.73 Å². The first-order valence-corrected chi connectivity index (χ1v) is 8.79. The van der Waals surface area contributed by atoms with Gasteiger partial charge in [0.05, 0.1) is 10.6 Å². The summed E-state index contributed by atoms with van der Waals surface area (Å²) in [6.45, 7) is 1.43. The van der Waals surface area contributed by atoms with E-state index >= 15 is 0 Å². The van der Waals surface area contributed by atoms with Gasteiger partial charge in [0.1, 0.15) is 5.69 Å². The summed E-state index contributed by atoms with van der Waals surface area (Å²) in [6, 6.07) is 13.6. The van der Waals surface area contributed by atoms with E-state index in [4.69, 9.17) is 10.5 Å². The van der Waals surface area contributed by atoms with E-state index in [2.05, 4.69) is 5.10 Å². The van der Waals surface area contributed by atoms with Crippen molar-refractivity contribution in [2.45, 2.75) is 13.0 Å². The average molecular weight is 367 g/mol. The van der Waals surface area contributed by atoms with Gasteiger partial charge in [0.15, 0.2) is 6.10 Å². The number of carbonyl (C=O) groups excluding carboxylic acids is 2. The molecule has 2 heterocycles. The fraction of sp³-hybridized carbons (Fsp3) is 0.105. The Balaban J connectivity index is 1.90. The third-order valence-electron chi connectivity index (χ3n) is 3.61. The number of benzene rings is 1. The van der Waals surface area contributed by atoms with Crippen LogP contribution in [0.15, 0.2) is 60.1 Å². The Hall–Kier alpha value is -3.19. The van der Waals surface area contributed by atoms with Crippen LogP contribution in [0, 0.1) is 0 Å². The zero-order valence-corrected chi connectivity index (χ0v) is 14.8. The molecule has 0 aliphatic rings. The summed E-state index contributed by atoms with van der Waals surface area (Å²) in [4.78, 5) is 23.8. The first-order valence-electron chi connectivity index (χ1n) is 7.91. The Morgan fingerprint density at radius 3 is 2.65 bits per heavy atom. The Bertz CT molecular complexity index is 930. The molecule has 26 heavy (non-hydrogen) atoms. The number of amides is 1. The summed E-state index contributed by atoms with van der Waals surface area (Å²) in [5.41, 5.74) is 7.53. The number of ether oxygens (including phenoxy) is 1. The van der Waals surface area contributed by atoms with Crippen LogP contribution in [0.1, 0.15) is 12.5 Å². The van der Waals surface area contributed by atoms with Crippen molar-refractivity contribution in [3.8, 4) is 16.3 Å². The van der Waals surface area contributed by atoms with Crippen LogP contribution in [-0.4, -0.2) is 27.8 Å². The number of carbonyl (C=O) groups is 2. The highest BCUT2D eigenvalue weighted by Gasteiger charge is 2.14. The van der Waals surface area contributed by atoms with Crippen molar-refractivity contribution in [3.63, 3.8) is 0 Å². The maximum absolute atomic E-state index is 11.9. The number of nitrogens with zero attached hydrogens (tertiary/aromatic N) is 2. The van der Waals surface area contributed by atoms with Gasteiger partial charge in [-0.3, -0.25) is 4.79 Å². The van der Waals surface area contributed by atoms with E-state index in [0.29, 0.717) is 0 Å². The molecule has 132 valence electrons. The summed E-state index contributed by atoms with van der Waals surface area (Å²) in [5, 5.41) is 6.61. The van der Waals surface area contributed by atoms with Gasteiger partial charge in [-0.05, 0) is 36.6 Å². The predicted octanol–water partition coefficient (Wildman–Crippen LogP) is 3.03. The standard InChI is InChI=1S/C19H17N3O3S/c1-13(19(20)24)25-17(23)10-9-14-12-22(15-6-3-2-4-7-15)21-18(14)16-8-5-11-26-16/h2-13H,1H3,(H2,20,24)/b10-9-/t13-/m0/s1. The van der Waals surface area contributed by atoms with E-state index in [9.17, 15) is 9.59 Å². The van der Waals surface area contributed by atoms with E-state index in [-0.39, 0.29) is 0 Å². The minimum absolute atomic E-state index is 0.638. The van der Waals surface area contributed by atoms with Gasteiger partial charge in [-0.25, -0.2) is 9.48 Å². The Morgan fingerprint density at radius 2 is 2.00 bits per heavy atom. The van der Waals surface area contributed by atoms with Gasteiger partial charge in [0, 0.05) is 17.8 Å². The second-order valence-electron chi connectivity index (χ2n) is 5.51. The SMILES string of the molecule is C[C@H](OC(=O)/C=C\c1cn(-c2ccccc2)nc1-c1cccs1)C(N)=O. The molecule has 0 bridgehead atoms. The van der Waals surface area contributed by atoms with E-state index in [1.165, 1.54) is 13.0 Å². The summed E-state index contributed by atoms with van der Waals surface area (Å²) in [6.07, 6.45) is 3.75. The number of nitrogens with two attached hydrogens (primary N) is 1. The minimum atomic E-state index is -0.976. The molecule has 0 aliphatic heterocycles. The Kier molecular flexibility index (Phi) is 5.28. The molecular formula is C19H17N3O3S. The van der Waals surface area contributed by atoms with Gasteiger partial charge in [0.2, 0.25) is 0 Å². The van der Waals surface area contributed by atoms with Gasteiger partial charge in [-0.2, -0.15) is 5.10 Å². The molecular weight excluding hydrogens is 350 g/mol. The summed E-state index contributed by atoms with van der Waals surface area (Å²) in [7, 11) is 0. The van der Waals surface area contributed by atoms with Gasteiger partial charge in [-0.1, -0.05) is 24.3 Å². The van der Waals surface area contributed by atoms with Crippen molar-refractivity contribution in [2.75, 3.05) is 0 Å². The van der Waals surface area contributed by atoms with Crippen LogP contribution < -0.4 is 5.73 Å². The molecule has 0 saturated heterocycles. The van der Waals surface area contributed by atoms with Gasteiger partial charge in [0.25, 0.3) is 5.91 Å². The fourth-order valence-electron chi connectivity index (χ4n) is 2.26. The molecule has 7 heteroatoms. The molecule has 2 aromatic heterocycles. The molecule has 3 aromatic rings. The van der Waals surface area contributed by atoms with E-state index < -0.39 is 18.0 Å². The van der Waals surface area contributed by atoms with Crippen LogP contribution in [0.25, 0.3) is 22.3 Å². The summed E-state index contributed by atoms with van der Waals surface area (Å²) < 4.78 is 6.69. The van der Waals surface area contributed by atoms with Crippen LogP contribution in [0.2, 0.25) is 0 Å². The van der Waals surface area contributed by atoms with Crippen molar-refractivity contribution < 1.29 is 14.3 Å². The molecule has 1 aromatic carbocycles. The normalized spacial score (nSPS) is 12.2. The lowest BCUT2D eigenvalue weighted by molar-refractivity contribution is -0.148. The van der Waals surface area contributed by atoms with Crippen LogP contribution in [0.4, 0.5) is 0 Å². The molecule has 0 aliphatic carbocycles. The Morgan fingerprint density at radius 1 is 1.23 bits per heavy atom. The lowest BCUT2D eigenvalue weighted by Gasteiger charge is -2.06. The smallest absolute Gasteiger partial charge is 0.331 e. The molecule has 3 rings (SSSR count). The first kappa shape index (κ1) is 17.6. The maximum Gasteiger partial charge on any atom is 0.331 e. The van der Waals surface area contributed by atoms with Crippen molar-refractivity contribution in [3.05, 3.63) is 65.7 Å². The van der Waals surface area contributed by atoms with Crippen LogP contribution in [-0.2, 0) is 14.3 Å². The lowest BCUT2D eigenvalue weighted by Crippen LogP contribution is -2.29. The van der Waals surface area contributed by atoms with Gasteiger partial charge < -0.3 is 10.5 Å². The second-order valence-corrected chi connectivity index (χ2v) is 6.45. The van der Waals surface area contributed by atoms with Gasteiger partial charge >= 0.3 is 5.97 Å². The molecule has 0 fully saturated rings. The van der Waals surface area contributed by atoms with Crippen molar-refractivity contribution in [1.82, 2.24) is 9.78 Å². The number of hydrogen-bond donors (Lipinski definition) is 1. The van der Waals surface area contributed by atoms with E-state index in [1.54, 1.807) is 22.1 Å². The monoisotopic (exact) mass is 367 g/mol. The first-order chi connectivity index (χ1) is 12.5. The lowest BCUT2D eigenvalue weighted by atomic mass is 10.2. The molecule has 0 radical (unpaired) electrons. The quantitative estimate of drug-likeness (QED) is 0.536. The number of esters is 1. The third kappa shape index (κ3) is 4.07. The highest BCUT2D eigenvalue weighted by molar-refractivity contribution is 7.13. The third-order valence-corrected chi connectivity index (χ3v) is 4.49. The largest absolute Gasteiger partial charge is 0.449 e. The van der Waals surface area contributed by atoms with Crippen molar-refractivity contribution in [1.29, 1.82) is 0 Å². The number of hydrogen-bond acceptors (Lipinski definition) is 5.